The lowest BCUT2D eigenvalue weighted by Gasteiger charge is -2.27. The molecule has 0 saturated carbocycles. The van der Waals surface area contributed by atoms with Crippen LogP contribution in [-0.4, -0.2) is 22.5 Å². The molecule has 0 amide bonds. The lowest BCUT2D eigenvalue weighted by Crippen LogP contribution is -2.27. The lowest BCUT2D eigenvalue weighted by atomic mass is 10.6. The molecule has 0 fully saturated rings. The average Bonchev–Trinajstić information content (AvgIpc) is 2.20. The van der Waals surface area contributed by atoms with Crippen LogP contribution in [0, 0.1) is 0 Å². The minimum Gasteiger partial charge on any atom is -0.185 e. The van der Waals surface area contributed by atoms with Crippen LogP contribution in [0.25, 0.3) is 0 Å². The summed E-state index contributed by atoms with van der Waals surface area (Å²) < 4.78 is 0. The van der Waals surface area contributed by atoms with E-state index in [0.29, 0.717) is 9.52 Å². The summed E-state index contributed by atoms with van der Waals surface area (Å²) in [4.78, 5) is 0. The maximum atomic E-state index is 2.43. The van der Waals surface area contributed by atoms with Crippen LogP contribution in [0.2, 0.25) is 30.7 Å². The Morgan fingerprint density at radius 1 is 1.08 bits per heavy atom. The molecular weight excluding hydrogens is 208 g/mol. The van der Waals surface area contributed by atoms with Crippen LogP contribution < -0.4 is 0 Å². The van der Waals surface area contributed by atoms with Gasteiger partial charge in [-0.05, 0) is 12.2 Å². The highest BCUT2D eigenvalue weighted by molar-refractivity contribution is 8.28. The topological polar surface area (TPSA) is 0 Å². The Labute approximate surface area is 91.7 Å². The molecule has 0 aliphatic carbocycles. The fourth-order valence-electron chi connectivity index (χ4n) is 1.70. The van der Waals surface area contributed by atoms with Gasteiger partial charge in [0, 0.05) is 9.52 Å². The molecular formula is C10H26SSi2. The molecule has 0 radical (unpaired) electrons. The molecule has 0 N–H and O–H groups in total. The third-order valence-corrected chi connectivity index (χ3v) is 14.3. The van der Waals surface area contributed by atoms with Gasteiger partial charge < -0.3 is 0 Å². The minimum atomic E-state index is -0.835. The first kappa shape index (κ1) is 13.8. The van der Waals surface area contributed by atoms with Gasteiger partial charge >= 0.3 is 0 Å². The van der Waals surface area contributed by atoms with Crippen LogP contribution in [-0.2, 0) is 0 Å². The summed E-state index contributed by atoms with van der Waals surface area (Å²) in [6.07, 6.45) is 1.50. The van der Waals surface area contributed by atoms with E-state index in [1.165, 1.54) is 30.3 Å². The monoisotopic (exact) mass is 234 g/mol. The van der Waals surface area contributed by atoms with Crippen molar-refractivity contribution in [2.75, 3.05) is 5.75 Å². The minimum absolute atomic E-state index is 0.333. The zero-order valence-corrected chi connectivity index (χ0v) is 13.1. The highest BCUT2D eigenvalue weighted by atomic mass is 32.4. The first-order valence-electron chi connectivity index (χ1n) is 5.88. The first-order chi connectivity index (χ1) is 6.24. The molecule has 0 bridgehead atoms. The molecule has 0 saturated heterocycles. The van der Waals surface area contributed by atoms with Gasteiger partial charge in [-0.25, -0.2) is 0 Å². The molecule has 13 heavy (non-hydrogen) atoms. The van der Waals surface area contributed by atoms with E-state index < -0.39 is 7.22 Å². The van der Waals surface area contributed by atoms with Crippen molar-refractivity contribution in [3.63, 3.8) is 0 Å². The second-order valence-electron chi connectivity index (χ2n) is 3.80. The van der Waals surface area contributed by atoms with E-state index in [9.17, 15) is 0 Å². The summed E-state index contributed by atoms with van der Waals surface area (Å²) in [5.74, 6) is 1.46. The third-order valence-electron chi connectivity index (χ3n) is 3.09. The molecule has 0 aromatic heterocycles. The summed E-state index contributed by atoms with van der Waals surface area (Å²) in [5.41, 5.74) is 0. The molecule has 0 heterocycles. The quantitative estimate of drug-likeness (QED) is 0.455. The zero-order chi connectivity index (χ0) is 10.2. The Morgan fingerprint density at radius 2 is 1.62 bits per heavy atom. The Hall–Kier alpha value is 0.784. The Morgan fingerprint density at radius 3 is 2.00 bits per heavy atom. The van der Waals surface area contributed by atoms with Crippen molar-refractivity contribution < 1.29 is 0 Å². The van der Waals surface area contributed by atoms with Gasteiger partial charge in [-0.3, -0.25) is 0 Å². The average molecular weight is 235 g/mol. The molecule has 80 valence electrons. The predicted octanol–water partition coefficient (Wildman–Crippen LogP) is 3.75. The van der Waals surface area contributed by atoms with Crippen molar-refractivity contribution in [2.45, 2.75) is 57.9 Å². The molecule has 0 rings (SSSR count). The molecule has 0 aliphatic rings. The van der Waals surface area contributed by atoms with E-state index >= 15 is 0 Å². The van der Waals surface area contributed by atoms with E-state index in [-0.39, 0.29) is 0 Å². The smallest absolute Gasteiger partial charge is 0.116 e. The van der Waals surface area contributed by atoms with Crippen LogP contribution in [0.4, 0.5) is 0 Å². The fraction of sp³-hybridized carbons (Fsp3) is 1.00. The van der Waals surface area contributed by atoms with Crippen LogP contribution in [0.15, 0.2) is 0 Å². The summed E-state index contributed by atoms with van der Waals surface area (Å²) in [7, 11) is -0.502. The normalized spacial score (nSPS) is 12.9. The second kappa shape index (κ2) is 8.12. The van der Waals surface area contributed by atoms with E-state index in [4.69, 9.17) is 0 Å². The van der Waals surface area contributed by atoms with Gasteiger partial charge in [0.05, 0.1) is 0 Å². The molecule has 0 atom stereocenters. The van der Waals surface area contributed by atoms with Crippen LogP contribution in [0.5, 0.6) is 0 Å². The van der Waals surface area contributed by atoms with Gasteiger partial charge in [0.2, 0.25) is 0 Å². The highest BCUT2D eigenvalue weighted by Crippen LogP contribution is 2.33. The second-order valence-corrected chi connectivity index (χ2v) is 14.2. The zero-order valence-electron chi connectivity index (χ0n) is 9.86. The van der Waals surface area contributed by atoms with Gasteiger partial charge in [-0.1, -0.05) is 51.5 Å². The number of hydrogen-bond donors (Lipinski definition) is 0. The molecule has 0 aromatic carbocycles. The Balaban J connectivity index is 3.68. The Bertz CT molecular complexity index is 105. The first-order valence-corrected chi connectivity index (χ1v) is 12.6. The maximum absolute atomic E-state index is 2.43. The van der Waals surface area contributed by atoms with Crippen LogP contribution in [0.3, 0.4) is 0 Å². The third kappa shape index (κ3) is 5.28. The number of hydrogen-bond acceptors (Lipinski definition) is 1. The number of rotatable bonds is 8. The van der Waals surface area contributed by atoms with Crippen molar-refractivity contribution in [3.8, 4) is 0 Å². The van der Waals surface area contributed by atoms with Crippen molar-refractivity contribution in [3.05, 3.63) is 0 Å². The van der Waals surface area contributed by atoms with Crippen LogP contribution in [0.1, 0.15) is 27.2 Å². The van der Waals surface area contributed by atoms with Gasteiger partial charge in [0.15, 0.2) is 0 Å². The van der Waals surface area contributed by atoms with Crippen molar-refractivity contribution in [1.29, 1.82) is 0 Å². The molecule has 0 spiro atoms. The summed E-state index contributed by atoms with van der Waals surface area (Å²) in [6.45, 7) is 9.64. The molecule has 3 heteroatoms. The van der Waals surface area contributed by atoms with Crippen molar-refractivity contribution in [2.24, 2.45) is 0 Å². The summed E-state index contributed by atoms with van der Waals surface area (Å²) in [6, 6.07) is 6.01. The van der Waals surface area contributed by atoms with E-state index in [0.717, 1.165) is 0 Å². The van der Waals surface area contributed by atoms with Gasteiger partial charge in [0.25, 0.3) is 0 Å². The summed E-state index contributed by atoms with van der Waals surface area (Å²) >= 11 is 2.37. The fourth-order valence-corrected chi connectivity index (χ4v) is 9.27. The molecule has 0 aliphatic heterocycles. The predicted molar refractivity (Wildman–Crippen MR) is 73.5 cm³/mol. The van der Waals surface area contributed by atoms with Gasteiger partial charge in [-0.15, -0.1) is 0 Å². The largest absolute Gasteiger partial charge is 0.185 e. The summed E-state index contributed by atoms with van der Waals surface area (Å²) in [5, 5.41) is 0. The lowest BCUT2D eigenvalue weighted by molar-refractivity contribution is 1.09. The van der Waals surface area contributed by atoms with Gasteiger partial charge in [0.1, 0.15) is 7.22 Å². The molecule has 0 nitrogen and oxygen atoms in total. The molecule has 0 aromatic rings. The highest BCUT2D eigenvalue weighted by Gasteiger charge is 2.26. The maximum Gasteiger partial charge on any atom is 0.116 e. The van der Waals surface area contributed by atoms with E-state index in [2.05, 4.69) is 38.5 Å². The Kier molecular flexibility index (Phi) is 8.61. The van der Waals surface area contributed by atoms with Gasteiger partial charge in [-0.2, -0.15) is 11.2 Å². The molecule has 0 unspecified atom stereocenters. The van der Waals surface area contributed by atoms with Crippen molar-refractivity contribution in [1.82, 2.24) is 0 Å². The van der Waals surface area contributed by atoms with Crippen molar-refractivity contribution >= 4 is 28.0 Å². The van der Waals surface area contributed by atoms with E-state index in [1.807, 2.05) is 0 Å². The van der Waals surface area contributed by atoms with E-state index in [1.54, 1.807) is 6.04 Å². The van der Waals surface area contributed by atoms with Crippen LogP contribution >= 0.6 is 11.2 Å². The standard InChI is InChI=1S/C10H26SSi2/c1-5-13(6-2,7-3)11-9-8-10-12-4/h5-10,12H2,1-4H3. The SMILES string of the molecule is CC[Si](CC)(CC)SCCC[SiH2]C.